The van der Waals surface area contributed by atoms with E-state index in [1.54, 1.807) is 0 Å². The number of quaternary nitrogens is 1. The van der Waals surface area contributed by atoms with Crippen molar-refractivity contribution in [2.75, 3.05) is 33.8 Å². The van der Waals surface area contributed by atoms with Crippen LogP contribution in [0.3, 0.4) is 0 Å². The highest BCUT2D eigenvalue weighted by Crippen LogP contribution is 2.25. The van der Waals surface area contributed by atoms with Crippen LogP contribution in [-0.2, 0) is 11.2 Å². The lowest BCUT2D eigenvalue weighted by molar-refractivity contribution is -0.890. The molecule has 0 bridgehead atoms. The minimum absolute atomic E-state index is 0.430. The normalized spacial score (nSPS) is 13.9. The molecule has 0 aliphatic carbocycles. The number of hydrogen-bond acceptors (Lipinski definition) is 4. The van der Waals surface area contributed by atoms with E-state index in [0.717, 1.165) is 48.8 Å². The van der Waals surface area contributed by atoms with Gasteiger partial charge in [-0.2, -0.15) is 0 Å². The number of primary amides is 1. The molecule has 0 saturated heterocycles. The number of aromatic nitrogens is 1. The van der Waals surface area contributed by atoms with Crippen LogP contribution in [0, 0.1) is 5.92 Å². The monoisotopic (exact) mass is 416 g/mol. The maximum Gasteiger partial charge on any atom is 0.223 e. The van der Waals surface area contributed by atoms with E-state index in [4.69, 9.17) is 15.5 Å². The third-order valence-electron chi connectivity index (χ3n) is 5.77. The van der Waals surface area contributed by atoms with E-state index in [1.165, 1.54) is 0 Å². The number of nitrogens with two attached hydrogens (primary N) is 1. The highest BCUT2D eigenvalue weighted by molar-refractivity contribution is 5.87. The summed E-state index contributed by atoms with van der Waals surface area (Å²) in [7, 11) is 4.20. The Bertz CT molecular complexity index is 822. The number of carbonyl (C=O) groups is 1. The molecule has 0 radical (unpaired) electrons. The molecule has 1 amide bonds. The average molecular weight is 417 g/mol. The van der Waals surface area contributed by atoms with Crippen LogP contribution < -0.4 is 10.5 Å². The molecule has 6 heteroatoms. The molecule has 0 spiro atoms. The minimum Gasteiger partial charge on any atom is -0.471 e. The molecule has 1 aromatic carbocycles. The summed E-state index contributed by atoms with van der Waals surface area (Å²) in [5.74, 6) is -0.245. The topological polar surface area (TPSA) is 85.4 Å². The van der Waals surface area contributed by atoms with E-state index in [2.05, 4.69) is 33.2 Å². The van der Waals surface area contributed by atoms with Crippen LogP contribution in [0.4, 0.5) is 0 Å². The smallest absolute Gasteiger partial charge is 0.223 e. The summed E-state index contributed by atoms with van der Waals surface area (Å²) in [5.41, 5.74) is 6.55. The Hall–Kier alpha value is -2.18. The Morgan fingerprint density at radius 2 is 1.97 bits per heavy atom. The number of unbranched alkanes of at least 4 members (excludes halogenated alkanes) is 1. The molecule has 0 aliphatic rings. The predicted molar refractivity (Wildman–Crippen MR) is 121 cm³/mol. The number of fused-ring (bicyclic) bond motifs is 1. The molecular weight excluding hydrogens is 378 g/mol. The zero-order valence-electron chi connectivity index (χ0n) is 18.9. The lowest BCUT2D eigenvalue weighted by atomic mass is 9.95. The first-order valence-electron chi connectivity index (χ1n) is 11.1. The molecule has 3 N–H and O–H groups in total. The second-order valence-electron chi connectivity index (χ2n) is 8.75. The minimum atomic E-state index is -0.680. The van der Waals surface area contributed by atoms with Gasteiger partial charge >= 0.3 is 0 Å². The van der Waals surface area contributed by atoms with Gasteiger partial charge in [0.25, 0.3) is 0 Å². The highest BCUT2D eigenvalue weighted by Gasteiger charge is 2.27. The maximum absolute atomic E-state index is 11.7. The first-order chi connectivity index (χ1) is 14.3. The van der Waals surface area contributed by atoms with Crippen LogP contribution in [0.2, 0.25) is 0 Å². The maximum atomic E-state index is 11.7. The van der Waals surface area contributed by atoms with Gasteiger partial charge in [0.05, 0.1) is 32.7 Å². The van der Waals surface area contributed by atoms with E-state index in [9.17, 15) is 9.90 Å². The number of benzene rings is 1. The third-order valence-corrected chi connectivity index (χ3v) is 5.77. The molecule has 6 nitrogen and oxygen atoms in total. The number of aryl methyl sites for hydroxylation is 1. The number of amides is 1. The number of likely N-dealkylation sites (N-methyl/N-ethyl adjacent to an activating group) is 1. The third kappa shape index (κ3) is 6.96. The summed E-state index contributed by atoms with van der Waals surface area (Å²) in [6.07, 6.45) is 3.60. The molecule has 0 saturated carbocycles. The first kappa shape index (κ1) is 24.1. The summed E-state index contributed by atoms with van der Waals surface area (Å²) < 4.78 is 6.81. The van der Waals surface area contributed by atoms with Gasteiger partial charge in [0, 0.05) is 17.5 Å². The second-order valence-corrected chi connectivity index (χ2v) is 8.75. The van der Waals surface area contributed by atoms with Crippen LogP contribution >= 0.6 is 0 Å². The van der Waals surface area contributed by atoms with Crippen molar-refractivity contribution in [2.45, 2.75) is 52.1 Å². The summed E-state index contributed by atoms with van der Waals surface area (Å²) in [4.78, 5) is 16.4. The summed E-state index contributed by atoms with van der Waals surface area (Å²) in [6.45, 7) is 6.07. The molecular formula is C24H38N3O3+. The lowest BCUT2D eigenvalue weighted by Gasteiger charge is -2.31. The van der Waals surface area contributed by atoms with Gasteiger partial charge in [-0.25, -0.2) is 4.98 Å². The van der Waals surface area contributed by atoms with E-state index < -0.39 is 17.9 Å². The number of nitrogens with zero attached hydrogens (tertiary/aromatic N) is 2. The molecule has 2 atom stereocenters. The van der Waals surface area contributed by atoms with E-state index in [1.807, 2.05) is 25.1 Å². The quantitative estimate of drug-likeness (QED) is 0.491. The van der Waals surface area contributed by atoms with Crippen molar-refractivity contribution in [3.05, 3.63) is 36.0 Å². The number of carbonyl (C=O) groups excluding carboxylic acids is 1. The van der Waals surface area contributed by atoms with E-state index in [0.29, 0.717) is 29.8 Å². The Morgan fingerprint density at radius 3 is 2.63 bits per heavy atom. The number of ether oxygens (including phenoxy) is 1. The lowest BCUT2D eigenvalue weighted by Crippen LogP contribution is -2.46. The van der Waals surface area contributed by atoms with Gasteiger partial charge in [-0.05, 0) is 36.8 Å². The molecule has 2 rings (SSSR count). The molecule has 0 fully saturated rings. The molecule has 2 aromatic rings. The Kier molecular flexibility index (Phi) is 9.06. The fraction of sp³-hybridized carbons (Fsp3) is 0.583. The van der Waals surface area contributed by atoms with Gasteiger partial charge in [0.1, 0.15) is 13.2 Å². The fourth-order valence-electron chi connectivity index (χ4n) is 3.61. The zero-order chi connectivity index (χ0) is 22.1. The molecule has 1 aromatic heterocycles. The summed E-state index contributed by atoms with van der Waals surface area (Å²) >= 11 is 0. The van der Waals surface area contributed by atoms with Gasteiger partial charge in [0.2, 0.25) is 11.8 Å². The molecule has 0 aliphatic heterocycles. The Morgan fingerprint density at radius 1 is 1.23 bits per heavy atom. The number of pyridine rings is 1. The number of rotatable bonds is 13. The standard InChI is InChI=1S/C24H37N3O3/c1-5-7-11-19-17-18-10-8-9-12-20(18)24(26-19)30-16-15-27(3,4)14-13-21(23(25)29)22(28)6-2/h8-10,12,17,21-22,28H,5-7,11,13-16H2,1-4H3,(H-,25,29)/p+1. The van der Waals surface area contributed by atoms with Gasteiger partial charge in [-0.1, -0.05) is 38.5 Å². The van der Waals surface area contributed by atoms with Crippen LogP contribution in [0.5, 0.6) is 5.88 Å². The fourth-order valence-corrected chi connectivity index (χ4v) is 3.61. The van der Waals surface area contributed by atoms with Crippen LogP contribution in [-0.4, -0.2) is 60.4 Å². The summed E-state index contributed by atoms with van der Waals surface area (Å²) in [6, 6.07) is 10.3. The number of hydrogen-bond donors (Lipinski definition) is 2. The molecule has 1 heterocycles. The van der Waals surface area contributed by atoms with Gasteiger partial charge in [-0.15, -0.1) is 0 Å². The number of aliphatic hydroxyl groups excluding tert-OH is 1. The van der Waals surface area contributed by atoms with Crippen molar-refractivity contribution in [1.82, 2.24) is 4.98 Å². The van der Waals surface area contributed by atoms with Gasteiger partial charge in [0.15, 0.2) is 0 Å². The van der Waals surface area contributed by atoms with E-state index in [-0.39, 0.29) is 0 Å². The van der Waals surface area contributed by atoms with Crippen molar-refractivity contribution in [2.24, 2.45) is 11.7 Å². The largest absolute Gasteiger partial charge is 0.471 e. The molecule has 2 unspecified atom stereocenters. The summed E-state index contributed by atoms with van der Waals surface area (Å²) in [5, 5.41) is 12.2. The van der Waals surface area contributed by atoms with Gasteiger partial charge in [-0.3, -0.25) is 4.79 Å². The SMILES string of the molecule is CCCCc1cc2ccccc2c(OCC[N+](C)(C)CCC(C(N)=O)C(O)CC)n1. The van der Waals surface area contributed by atoms with Gasteiger partial charge < -0.3 is 20.1 Å². The number of aliphatic hydroxyl groups is 1. The highest BCUT2D eigenvalue weighted by atomic mass is 16.5. The van der Waals surface area contributed by atoms with Crippen LogP contribution in [0.1, 0.15) is 45.2 Å². The van der Waals surface area contributed by atoms with Crippen molar-refractivity contribution >= 4 is 16.7 Å². The molecule has 30 heavy (non-hydrogen) atoms. The van der Waals surface area contributed by atoms with Crippen LogP contribution in [0.25, 0.3) is 10.8 Å². The van der Waals surface area contributed by atoms with E-state index >= 15 is 0 Å². The van der Waals surface area contributed by atoms with Crippen molar-refractivity contribution in [1.29, 1.82) is 0 Å². The van der Waals surface area contributed by atoms with Crippen molar-refractivity contribution < 1.29 is 19.1 Å². The Labute approximate surface area is 180 Å². The second kappa shape index (κ2) is 11.3. The zero-order valence-corrected chi connectivity index (χ0v) is 18.9. The van der Waals surface area contributed by atoms with Crippen LogP contribution in [0.15, 0.2) is 30.3 Å². The Balaban J connectivity index is 2.00. The average Bonchev–Trinajstić information content (AvgIpc) is 2.71. The van der Waals surface area contributed by atoms with Crippen molar-refractivity contribution in [3.63, 3.8) is 0 Å². The van der Waals surface area contributed by atoms with Crippen molar-refractivity contribution in [3.8, 4) is 5.88 Å². The predicted octanol–water partition coefficient (Wildman–Crippen LogP) is 3.30. The molecule has 166 valence electrons. The first-order valence-corrected chi connectivity index (χ1v) is 11.1.